The smallest absolute Gasteiger partial charge is 0.254 e. The van der Waals surface area contributed by atoms with Crippen molar-refractivity contribution in [2.24, 2.45) is 5.73 Å². The highest BCUT2D eigenvalue weighted by molar-refractivity contribution is 6.03. The summed E-state index contributed by atoms with van der Waals surface area (Å²) >= 11 is 0. The molecular weight excluding hydrogens is 446 g/mol. The summed E-state index contributed by atoms with van der Waals surface area (Å²) in [6, 6.07) is 7.10. The van der Waals surface area contributed by atoms with Crippen LogP contribution in [0.2, 0.25) is 0 Å². The van der Waals surface area contributed by atoms with Gasteiger partial charge in [-0.25, -0.2) is 4.68 Å². The molecule has 1 saturated carbocycles. The van der Waals surface area contributed by atoms with E-state index >= 15 is 0 Å². The van der Waals surface area contributed by atoms with E-state index in [1.54, 1.807) is 18.2 Å². The minimum absolute atomic E-state index is 0.00979. The third-order valence-electron chi connectivity index (χ3n) is 6.92. The zero-order chi connectivity index (χ0) is 25.3. The van der Waals surface area contributed by atoms with E-state index in [0.717, 1.165) is 24.2 Å². The number of nitrogens with zero attached hydrogens (tertiary/aromatic N) is 3. The van der Waals surface area contributed by atoms with E-state index in [-0.39, 0.29) is 48.1 Å². The fraction of sp³-hybridized carbons (Fsp3) is 0.462. The molecule has 1 aromatic carbocycles. The Morgan fingerprint density at radius 2 is 1.91 bits per heavy atom. The van der Waals surface area contributed by atoms with Gasteiger partial charge in [-0.1, -0.05) is 43.1 Å². The van der Waals surface area contributed by atoms with E-state index in [9.17, 15) is 14.7 Å². The molecule has 1 aliphatic carbocycles. The van der Waals surface area contributed by atoms with Crippen molar-refractivity contribution in [3.8, 4) is 11.3 Å². The van der Waals surface area contributed by atoms with Gasteiger partial charge in [0.1, 0.15) is 28.6 Å². The molecule has 4 rings (SSSR count). The zero-order valence-corrected chi connectivity index (χ0v) is 20.5. The number of anilines is 1. The normalized spacial score (nSPS) is 15.1. The molecule has 0 radical (unpaired) electrons. The summed E-state index contributed by atoms with van der Waals surface area (Å²) < 4.78 is 7.10. The van der Waals surface area contributed by atoms with Crippen LogP contribution in [-0.4, -0.2) is 31.7 Å². The number of carbonyl (C=O) groups is 2. The maximum Gasteiger partial charge on any atom is 0.254 e. The van der Waals surface area contributed by atoms with Crippen LogP contribution in [0.1, 0.15) is 85.4 Å². The summed E-state index contributed by atoms with van der Waals surface area (Å²) in [5, 5.41) is 18.6. The first-order valence-corrected chi connectivity index (χ1v) is 12.0. The highest BCUT2D eigenvalue weighted by Gasteiger charge is 2.34. The predicted molar refractivity (Wildman–Crippen MR) is 132 cm³/mol. The highest BCUT2D eigenvalue weighted by atomic mass is 16.5. The number of carbonyl (C=O) groups excluding carboxylic acids is 2. The van der Waals surface area contributed by atoms with E-state index in [2.05, 4.69) is 17.2 Å². The topological polar surface area (TPSA) is 150 Å². The average Bonchev–Trinajstić information content (AvgIpc) is 3.53. The van der Waals surface area contributed by atoms with Gasteiger partial charge in [0.05, 0.1) is 18.7 Å². The van der Waals surface area contributed by atoms with E-state index in [0.29, 0.717) is 22.5 Å². The maximum atomic E-state index is 12.8. The maximum absolute atomic E-state index is 12.8. The molecule has 1 aliphatic rings. The number of amides is 1. The Balaban J connectivity index is 1.54. The number of aliphatic hydroxyl groups is 1. The van der Waals surface area contributed by atoms with Gasteiger partial charge in [0, 0.05) is 29.5 Å². The minimum Gasteiger partial charge on any atom is -0.392 e. The third-order valence-corrected chi connectivity index (χ3v) is 6.92. The van der Waals surface area contributed by atoms with Gasteiger partial charge in [-0.15, -0.1) is 0 Å². The van der Waals surface area contributed by atoms with Gasteiger partial charge in [-0.05, 0) is 37.8 Å². The van der Waals surface area contributed by atoms with Crippen molar-refractivity contribution in [1.82, 2.24) is 14.9 Å². The molecule has 0 bridgehead atoms. The fourth-order valence-corrected chi connectivity index (χ4v) is 4.96. The summed E-state index contributed by atoms with van der Waals surface area (Å²) in [4.78, 5) is 24.9. The number of aliphatic hydroxyl groups excluding tert-OH is 1. The van der Waals surface area contributed by atoms with E-state index < -0.39 is 5.91 Å². The number of benzene rings is 1. The van der Waals surface area contributed by atoms with Crippen molar-refractivity contribution >= 4 is 17.5 Å². The van der Waals surface area contributed by atoms with Crippen LogP contribution in [0.4, 0.5) is 5.82 Å². The molecule has 3 aromatic rings. The van der Waals surface area contributed by atoms with Gasteiger partial charge < -0.3 is 21.1 Å². The van der Waals surface area contributed by atoms with Crippen LogP contribution < -0.4 is 11.5 Å². The Kier molecular flexibility index (Phi) is 6.80. The molecule has 2 heterocycles. The number of nitrogen functional groups attached to an aromatic ring is 1. The zero-order valence-electron chi connectivity index (χ0n) is 20.5. The van der Waals surface area contributed by atoms with Crippen molar-refractivity contribution in [3.63, 3.8) is 0 Å². The van der Waals surface area contributed by atoms with Crippen LogP contribution in [0.3, 0.4) is 0 Å². The number of nitrogens with two attached hydrogens (primary N) is 2. The third kappa shape index (κ3) is 4.86. The van der Waals surface area contributed by atoms with Crippen molar-refractivity contribution in [1.29, 1.82) is 0 Å². The van der Waals surface area contributed by atoms with E-state index in [1.165, 1.54) is 17.5 Å². The quantitative estimate of drug-likeness (QED) is 0.425. The molecule has 0 atom stereocenters. The Morgan fingerprint density at radius 3 is 2.54 bits per heavy atom. The molecule has 9 nitrogen and oxygen atoms in total. The van der Waals surface area contributed by atoms with Crippen LogP contribution >= 0.6 is 0 Å². The second kappa shape index (κ2) is 9.65. The SMILES string of the molecule is CC(C)n1nc(-c2ccc(CC(=O)Cc3cc(C4(C)CCCC4)on3)cc2CO)c(C(N)=O)c1N. The van der Waals surface area contributed by atoms with Crippen LogP contribution in [-0.2, 0) is 29.7 Å². The largest absolute Gasteiger partial charge is 0.392 e. The molecular formula is C26H33N5O4. The van der Waals surface area contributed by atoms with Crippen LogP contribution in [0.25, 0.3) is 11.3 Å². The number of aromatic nitrogens is 3. The first kappa shape index (κ1) is 24.7. The summed E-state index contributed by atoms with van der Waals surface area (Å²) in [5.41, 5.74) is 14.6. The molecule has 0 saturated heterocycles. The molecule has 9 heteroatoms. The standard InChI is InChI=1S/C26H33N5O4/c1-15(2)31-24(27)22(25(28)34)23(29-31)20-7-6-16(10-17(20)14-32)11-19(33)12-18-13-21(35-30-18)26(3)8-4-5-9-26/h6-7,10,13,15,32H,4-5,8-9,11-12,14,27H2,1-3H3,(H2,28,34). The Morgan fingerprint density at radius 1 is 1.20 bits per heavy atom. The number of rotatable bonds is 9. The molecule has 5 N–H and O–H groups in total. The van der Waals surface area contributed by atoms with Crippen molar-refractivity contribution in [2.45, 2.75) is 77.4 Å². The lowest BCUT2D eigenvalue weighted by molar-refractivity contribution is -0.117. The summed E-state index contributed by atoms with van der Waals surface area (Å²) in [5.74, 6) is 0.342. The highest BCUT2D eigenvalue weighted by Crippen LogP contribution is 2.40. The minimum atomic E-state index is -0.689. The van der Waals surface area contributed by atoms with Crippen LogP contribution in [0.5, 0.6) is 0 Å². The van der Waals surface area contributed by atoms with Crippen molar-refractivity contribution in [3.05, 3.63) is 52.4 Å². The first-order chi connectivity index (χ1) is 16.6. The Bertz CT molecular complexity index is 1250. The summed E-state index contributed by atoms with van der Waals surface area (Å²) in [7, 11) is 0. The average molecular weight is 480 g/mol. The van der Waals surface area contributed by atoms with Gasteiger partial charge in [0.25, 0.3) is 5.91 Å². The lowest BCUT2D eigenvalue weighted by Gasteiger charge is -2.18. The number of ketones is 1. The van der Waals surface area contributed by atoms with Crippen molar-refractivity contribution in [2.75, 3.05) is 5.73 Å². The van der Waals surface area contributed by atoms with Crippen molar-refractivity contribution < 1.29 is 19.2 Å². The van der Waals surface area contributed by atoms with Gasteiger partial charge in [0.15, 0.2) is 0 Å². The lowest BCUT2D eigenvalue weighted by Crippen LogP contribution is -2.15. The Hall–Kier alpha value is -3.46. The Labute approximate surface area is 204 Å². The second-order valence-electron chi connectivity index (χ2n) is 10.0. The van der Waals surface area contributed by atoms with E-state index in [1.807, 2.05) is 19.9 Å². The number of hydrogen-bond donors (Lipinski definition) is 3. The molecule has 0 aliphatic heterocycles. The van der Waals surface area contributed by atoms with Gasteiger partial charge in [-0.2, -0.15) is 5.10 Å². The molecule has 35 heavy (non-hydrogen) atoms. The first-order valence-electron chi connectivity index (χ1n) is 12.0. The molecule has 1 amide bonds. The number of primary amides is 1. The van der Waals surface area contributed by atoms with Crippen LogP contribution in [0.15, 0.2) is 28.8 Å². The second-order valence-corrected chi connectivity index (χ2v) is 10.0. The summed E-state index contributed by atoms with van der Waals surface area (Å²) in [6.07, 6.45) is 4.86. The van der Waals surface area contributed by atoms with E-state index in [4.69, 9.17) is 16.0 Å². The fourth-order valence-electron chi connectivity index (χ4n) is 4.96. The molecule has 0 unspecified atom stereocenters. The lowest BCUT2D eigenvalue weighted by atomic mass is 9.86. The number of Topliss-reactive ketones (excluding diaryl/α,β-unsaturated/α-hetero) is 1. The summed E-state index contributed by atoms with van der Waals surface area (Å²) in [6.45, 7) is 5.68. The molecule has 186 valence electrons. The van der Waals surface area contributed by atoms with Gasteiger partial charge in [-0.3, -0.25) is 9.59 Å². The molecule has 1 fully saturated rings. The van der Waals surface area contributed by atoms with Crippen LogP contribution in [0, 0.1) is 0 Å². The predicted octanol–water partition coefficient (Wildman–Crippen LogP) is 3.48. The molecule has 2 aromatic heterocycles. The molecule has 0 spiro atoms. The number of hydrogen-bond acceptors (Lipinski definition) is 7. The monoisotopic (exact) mass is 479 g/mol. The van der Waals surface area contributed by atoms with Gasteiger partial charge >= 0.3 is 0 Å². The van der Waals surface area contributed by atoms with Gasteiger partial charge in [0.2, 0.25) is 0 Å².